The molecule has 5 rings (SSSR count). The fraction of sp³-hybridized carbons (Fsp3) is 0.231. The molecule has 1 amide bonds. The Morgan fingerprint density at radius 3 is 2.89 bits per heavy atom. The number of ether oxygens (including phenoxy) is 1. The molecule has 0 atom stereocenters. The molecule has 10 heteroatoms. The van der Waals surface area contributed by atoms with Gasteiger partial charge in [0, 0.05) is 55.3 Å². The normalized spacial score (nSPS) is 12.1. The highest BCUT2D eigenvalue weighted by atomic mass is 16.5. The number of rotatable bonds is 10. The van der Waals surface area contributed by atoms with Crippen molar-refractivity contribution in [3.63, 3.8) is 0 Å². The van der Waals surface area contributed by atoms with Gasteiger partial charge in [-0.2, -0.15) is 0 Å². The largest absolute Gasteiger partial charge is 0.379 e. The van der Waals surface area contributed by atoms with E-state index in [1.54, 1.807) is 11.7 Å². The predicted molar refractivity (Wildman–Crippen MR) is 138 cm³/mol. The summed E-state index contributed by atoms with van der Waals surface area (Å²) in [7, 11) is 1.98. The Kier molecular flexibility index (Phi) is 6.87. The van der Waals surface area contributed by atoms with Crippen molar-refractivity contribution in [2.24, 2.45) is 4.99 Å². The van der Waals surface area contributed by atoms with Crippen LogP contribution in [0.5, 0.6) is 0 Å². The zero-order valence-electron chi connectivity index (χ0n) is 19.9. The zero-order chi connectivity index (χ0) is 24.9. The number of imidazole rings is 1. The van der Waals surface area contributed by atoms with Gasteiger partial charge in [-0.05, 0) is 41.5 Å². The number of fused-ring (bicyclic) bond motifs is 2. The Morgan fingerprint density at radius 2 is 2.06 bits per heavy atom. The van der Waals surface area contributed by atoms with Crippen LogP contribution in [0.25, 0.3) is 16.9 Å². The maximum absolute atomic E-state index is 11.0. The molecule has 1 aliphatic rings. The van der Waals surface area contributed by atoms with Gasteiger partial charge in [0.05, 0.1) is 31.9 Å². The number of benzene rings is 2. The van der Waals surface area contributed by atoms with Gasteiger partial charge in [-0.3, -0.25) is 15.0 Å². The molecule has 3 heterocycles. The molecule has 2 aromatic carbocycles. The third-order valence-corrected chi connectivity index (χ3v) is 6.04. The first-order valence-electron chi connectivity index (χ1n) is 11.7. The Balaban J connectivity index is 1.26. The summed E-state index contributed by atoms with van der Waals surface area (Å²) in [6.45, 7) is 2.10. The molecule has 4 aromatic rings. The zero-order valence-corrected chi connectivity index (χ0v) is 19.9. The minimum Gasteiger partial charge on any atom is -0.379 e. The van der Waals surface area contributed by atoms with E-state index in [1.807, 2.05) is 54.3 Å². The predicted octanol–water partition coefficient (Wildman–Crippen LogP) is 3.42. The molecular weight excluding hydrogens is 458 g/mol. The van der Waals surface area contributed by atoms with Crippen molar-refractivity contribution in [3.8, 4) is 11.3 Å². The van der Waals surface area contributed by atoms with E-state index in [1.165, 1.54) is 5.56 Å². The van der Waals surface area contributed by atoms with Crippen LogP contribution < -0.4 is 15.7 Å². The maximum Gasteiger partial charge on any atom is 0.245 e. The summed E-state index contributed by atoms with van der Waals surface area (Å²) in [4.78, 5) is 26.8. The lowest BCUT2D eigenvalue weighted by molar-refractivity contribution is -0.130. The molecule has 184 valence electrons. The van der Waals surface area contributed by atoms with E-state index in [4.69, 9.17) is 14.9 Å². The third kappa shape index (κ3) is 5.19. The average Bonchev–Trinajstić information content (AvgIpc) is 3.57. The fourth-order valence-corrected chi connectivity index (χ4v) is 4.01. The van der Waals surface area contributed by atoms with Crippen molar-refractivity contribution < 1.29 is 14.7 Å². The molecule has 36 heavy (non-hydrogen) atoms. The van der Waals surface area contributed by atoms with Crippen molar-refractivity contribution in [3.05, 3.63) is 72.2 Å². The lowest BCUT2D eigenvalue weighted by atomic mass is 10.0. The SMILES string of the molecule is CN(CCOCCC(=O)NO)c1ccc(Nc2nc(-c3ccc4c(c3)CN=C4)cn3ccnc23)cc1. The van der Waals surface area contributed by atoms with Crippen LogP contribution in [0.2, 0.25) is 0 Å². The molecule has 10 nitrogen and oxygen atoms in total. The van der Waals surface area contributed by atoms with Crippen molar-refractivity contribution >= 4 is 35.0 Å². The number of carbonyl (C=O) groups excluding carboxylic acids is 1. The maximum atomic E-state index is 11.0. The van der Waals surface area contributed by atoms with Crippen LogP contribution in [-0.4, -0.2) is 58.5 Å². The molecule has 0 saturated heterocycles. The molecule has 0 saturated carbocycles. The van der Waals surface area contributed by atoms with E-state index in [2.05, 4.69) is 38.4 Å². The molecule has 0 bridgehead atoms. The second kappa shape index (κ2) is 10.5. The van der Waals surface area contributed by atoms with Gasteiger partial charge in [-0.25, -0.2) is 15.4 Å². The van der Waals surface area contributed by atoms with Gasteiger partial charge >= 0.3 is 0 Å². The van der Waals surface area contributed by atoms with E-state index < -0.39 is 5.91 Å². The molecular formula is C26H27N7O3. The number of hydrogen-bond donors (Lipinski definition) is 3. The van der Waals surface area contributed by atoms with Crippen molar-refractivity contribution in [2.45, 2.75) is 13.0 Å². The van der Waals surface area contributed by atoms with Crippen LogP contribution in [0, 0.1) is 0 Å². The second-order valence-corrected chi connectivity index (χ2v) is 8.51. The van der Waals surface area contributed by atoms with Crippen molar-refractivity contribution in [1.82, 2.24) is 19.8 Å². The Bertz CT molecular complexity index is 1400. The minimum atomic E-state index is -0.457. The lowest BCUT2D eigenvalue weighted by Crippen LogP contribution is -2.24. The Morgan fingerprint density at radius 1 is 1.19 bits per heavy atom. The third-order valence-electron chi connectivity index (χ3n) is 6.04. The van der Waals surface area contributed by atoms with E-state index >= 15 is 0 Å². The van der Waals surface area contributed by atoms with Gasteiger partial charge < -0.3 is 19.4 Å². The molecule has 2 aromatic heterocycles. The molecule has 0 radical (unpaired) electrons. The minimum absolute atomic E-state index is 0.125. The van der Waals surface area contributed by atoms with E-state index in [0.29, 0.717) is 25.5 Å². The van der Waals surface area contributed by atoms with Gasteiger partial charge in [-0.1, -0.05) is 12.1 Å². The van der Waals surface area contributed by atoms with E-state index in [9.17, 15) is 4.79 Å². The lowest BCUT2D eigenvalue weighted by Gasteiger charge is -2.19. The van der Waals surface area contributed by atoms with Gasteiger partial charge in [0.15, 0.2) is 11.5 Å². The highest BCUT2D eigenvalue weighted by Crippen LogP contribution is 2.28. The Hall–Kier alpha value is -4.28. The second-order valence-electron chi connectivity index (χ2n) is 8.51. The summed E-state index contributed by atoms with van der Waals surface area (Å²) in [5, 5.41) is 11.9. The monoisotopic (exact) mass is 485 g/mol. The summed E-state index contributed by atoms with van der Waals surface area (Å²) in [5.74, 6) is 0.219. The summed E-state index contributed by atoms with van der Waals surface area (Å²) in [5.41, 5.74) is 8.52. The summed E-state index contributed by atoms with van der Waals surface area (Å²) >= 11 is 0. The molecule has 0 aliphatic carbocycles. The quantitative estimate of drug-likeness (QED) is 0.179. The highest BCUT2D eigenvalue weighted by Gasteiger charge is 2.13. The number of aliphatic imine (C=N–C) groups is 1. The van der Waals surface area contributed by atoms with Crippen LogP contribution in [0.1, 0.15) is 17.5 Å². The number of amides is 1. The fourth-order valence-electron chi connectivity index (χ4n) is 4.01. The molecule has 0 fully saturated rings. The number of carbonyl (C=O) groups is 1. The summed E-state index contributed by atoms with van der Waals surface area (Å²) < 4.78 is 7.43. The van der Waals surface area contributed by atoms with Crippen LogP contribution in [0.4, 0.5) is 17.2 Å². The van der Waals surface area contributed by atoms with E-state index in [-0.39, 0.29) is 13.0 Å². The van der Waals surface area contributed by atoms with Crippen LogP contribution in [0.15, 0.2) is 66.0 Å². The molecule has 0 unspecified atom stereocenters. The van der Waals surface area contributed by atoms with Gasteiger partial charge in [0.2, 0.25) is 5.91 Å². The number of nitrogens with one attached hydrogen (secondary N) is 2. The summed E-state index contributed by atoms with van der Waals surface area (Å²) in [6, 6.07) is 14.3. The van der Waals surface area contributed by atoms with Gasteiger partial charge in [0.25, 0.3) is 0 Å². The first-order chi connectivity index (χ1) is 17.6. The molecule has 0 spiro atoms. The van der Waals surface area contributed by atoms with Crippen LogP contribution >= 0.6 is 0 Å². The van der Waals surface area contributed by atoms with Crippen molar-refractivity contribution in [1.29, 1.82) is 0 Å². The number of likely N-dealkylation sites (N-methyl/N-ethyl adjacent to an activating group) is 1. The number of anilines is 3. The first-order valence-corrected chi connectivity index (χ1v) is 11.7. The summed E-state index contributed by atoms with van der Waals surface area (Å²) in [6.07, 6.45) is 7.70. The standard InChI is InChI=1S/C26H27N7O3/c1-32(11-13-36-12-8-24(34)31-35)22-6-4-21(5-7-22)29-25-26-28-9-10-33(26)17-23(30-25)18-2-3-19-15-27-16-20(19)14-18/h2-7,9-10,14-15,17,35H,8,11-13,16H2,1H3,(H,29,30)(H,31,34). The van der Waals surface area contributed by atoms with Crippen molar-refractivity contribution in [2.75, 3.05) is 37.0 Å². The topological polar surface area (TPSA) is 116 Å². The average molecular weight is 486 g/mol. The molecule has 3 N–H and O–H groups in total. The first kappa shape index (κ1) is 23.5. The molecule has 1 aliphatic heterocycles. The van der Waals surface area contributed by atoms with Crippen LogP contribution in [-0.2, 0) is 16.1 Å². The van der Waals surface area contributed by atoms with Gasteiger partial charge in [-0.15, -0.1) is 0 Å². The van der Waals surface area contributed by atoms with E-state index in [0.717, 1.165) is 33.8 Å². The number of aromatic nitrogens is 3. The van der Waals surface area contributed by atoms with Gasteiger partial charge in [0.1, 0.15) is 0 Å². The smallest absolute Gasteiger partial charge is 0.245 e. The Labute approximate surface area is 208 Å². The number of hydrogen-bond acceptors (Lipinski definition) is 8. The highest BCUT2D eigenvalue weighted by molar-refractivity contribution is 5.86. The van der Waals surface area contributed by atoms with Crippen LogP contribution in [0.3, 0.4) is 0 Å². The number of nitrogens with zero attached hydrogens (tertiary/aromatic N) is 5. The number of hydroxylamine groups is 1.